The Balaban J connectivity index is 3.41. The quantitative estimate of drug-likeness (QED) is 0.374. The second-order valence-corrected chi connectivity index (χ2v) is 2.48. The van der Waals surface area contributed by atoms with Crippen LogP contribution in [0.5, 0.6) is 0 Å². The van der Waals surface area contributed by atoms with Crippen molar-refractivity contribution in [1.82, 2.24) is 4.90 Å². The Morgan fingerprint density at radius 3 is 2.67 bits per heavy atom. The number of nitrogens with zero attached hydrogens (tertiary/aromatic N) is 2. The average molecular weight is 193 g/mol. The van der Waals surface area contributed by atoms with Crippen LogP contribution in [0.4, 0.5) is 0 Å². The van der Waals surface area contributed by atoms with E-state index in [4.69, 9.17) is 0 Å². The Hall–Kier alpha value is -0.0500. The van der Waals surface area contributed by atoms with Gasteiger partial charge in [-0.1, -0.05) is 15.9 Å². The number of rotatable bonds is 4. The van der Waals surface area contributed by atoms with Gasteiger partial charge in [0.2, 0.25) is 0 Å². The SMILES string of the molecule is CCN(C=NC)CCBr. The summed E-state index contributed by atoms with van der Waals surface area (Å²) in [7, 11) is 1.79. The van der Waals surface area contributed by atoms with Gasteiger partial charge in [-0.3, -0.25) is 4.99 Å². The van der Waals surface area contributed by atoms with Crippen LogP contribution in [0.2, 0.25) is 0 Å². The van der Waals surface area contributed by atoms with Crippen LogP contribution >= 0.6 is 15.9 Å². The summed E-state index contributed by atoms with van der Waals surface area (Å²) in [5, 5.41) is 1.01. The molecule has 2 nitrogen and oxygen atoms in total. The predicted octanol–water partition coefficient (Wildman–Crippen LogP) is 1.36. The summed E-state index contributed by atoms with van der Waals surface area (Å²) >= 11 is 3.36. The first-order valence-corrected chi connectivity index (χ1v) is 4.19. The summed E-state index contributed by atoms with van der Waals surface area (Å²) in [6, 6.07) is 0. The molecule has 0 atom stereocenters. The lowest BCUT2D eigenvalue weighted by Gasteiger charge is -2.14. The first kappa shape index (κ1) is 8.95. The van der Waals surface area contributed by atoms with Crippen molar-refractivity contribution in [3.8, 4) is 0 Å². The normalized spacial score (nSPS) is 10.6. The summed E-state index contributed by atoms with van der Waals surface area (Å²) < 4.78 is 0. The van der Waals surface area contributed by atoms with E-state index in [0.29, 0.717) is 0 Å². The topological polar surface area (TPSA) is 15.6 Å². The third-order valence-corrected chi connectivity index (χ3v) is 1.41. The highest BCUT2D eigenvalue weighted by molar-refractivity contribution is 9.09. The fourth-order valence-corrected chi connectivity index (χ4v) is 1.02. The molecule has 0 aliphatic carbocycles. The monoisotopic (exact) mass is 192 g/mol. The van der Waals surface area contributed by atoms with E-state index in [2.05, 4.69) is 32.7 Å². The molecule has 0 aromatic carbocycles. The Labute approximate surface area is 65.1 Å². The number of alkyl halides is 1. The van der Waals surface area contributed by atoms with Crippen LogP contribution in [-0.4, -0.2) is 36.7 Å². The lowest BCUT2D eigenvalue weighted by molar-refractivity contribution is 0.484. The molecule has 0 radical (unpaired) electrons. The van der Waals surface area contributed by atoms with Gasteiger partial charge in [-0.15, -0.1) is 0 Å². The summed E-state index contributed by atoms with van der Waals surface area (Å²) in [6.07, 6.45) is 1.86. The highest BCUT2D eigenvalue weighted by Gasteiger charge is 1.90. The van der Waals surface area contributed by atoms with Crippen LogP contribution in [0.3, 0.4) is 0 Å². The van der Waals surface area contributed by atoms with Crippen molar-refractivity contribution in [3.05, 3.63) is 0 Å². The number of hydrogen-bond donors (Lipinski definition) is 0. The third-order valence-electron chi connectivity index (χ3n) is 1.06. The molecule has 0 spiro atoms. The van der Waals surface area contributed by atoms with Crippen molar-refractivity contribution < 1.29 is 0 Å². The molecule has 0 aliphatic heterocycles. The molecule has 0 aromatic rings. The van der Waals surface area contributed by atoms with Crippen molar-refractivity contribution in [2.75, 3.05) is 25.5 Å². The van der Waals surface area contributed by atoms with Crippen LogP contribution in [0, 0.1) is 0 Å². The van der Waals surface area contributed by atoms with Gasteiger partial charge in [0, 0.05) is 25.5 Å². The summed E-state index contributed by atoms with van der Waals surface area (Å²) in [4.78, 5) is 6.05. The zero-order valence-corrected chi connectivity index (χ0v) is 7.56. The molecule has 0 rings (SSSR count). The van der Waals surface area contributed by atoms with Gasteiger partial charge in [0.25, 0.3) is 0 Å². The standard InChI is InChI=1S/C6H13BrN2/c1-3-9(5-4-7)6-8-2/h6H,3-5H2,1-2H3. The molecule has 0 saturated heterocycles. The number of hydrogen-bond acceptors (Lipinski definition) is 1. The van der Waals surface area contributed by atoms with Gasteiger partial charge in [0.1, 0.15) is 0 Å². The fraction of sp³-hybridized carbons (Fsp3) is 0.833. The van der Waals surface area contributed by atoms with E-state index in [0.717, 1.165) is 18.4 Å². The van der Waals surface area contributed by atoms with Gasteiger partial charge in [-0.2, -0.15) is 0 Å². The van der Waals surface area contributed by atoms with Crippen molar-refractivity contribution >= 4 is 22.3 Å². The molecule has 0 bridgehead atoms. The highest BCUT2D eigenvalue weighted by atomic mass is 79.9. The number of halogens is 1. The molecule has 0 unspecified atom stereocenters. The molecule has 54 valence electrons. The van der Waals surface area contributed by atoms with E-state index < -0.39 is 0 Å². The molecule has 3 heteroatoms. The van der Waals surface area contributed by atoms with Gasteiger partial charge < -0.3 is 4.90 Å². The molecule has 0 amide bonds. The Kier molecular flexibility index (Phi) is 6.04. The molecule has 0 saturated carbocycles. The lowest BCUT2D eigenvalue weighted by atomic mass is 10.6. The fourth-order valence-electron chi connectivity index (χ4n) is 0.569. The van der Waals surface area contributed by atoms with Gasteiger partial charge in [-0.25, -0.2) is 0 Å². The minimum Gasteiger partial charge on any atom is -0.362 e. The van der Waals surface area contributed by atoms with E-state index in [-0.39, 0.29) is 0 Å². The first-order valence-electron chi connectivity index (χ1n) is 3.07. The van der Waals surface area contributed by atoms with Crippen molar-refractivity contribution in [3.63, 3.8) is 0 Å². The van der Waals surface area contributed by atoms with E-state index >= 15 is 0 Å². The maximum absolute atomic E-state index is 3.91. The van der Waals surface area contributed by atoms with E-state index in [1.165, 1.54) is 0 Å². The summed E-state index contributed by atoms with van der Waals surface area (Å²) in [6.45, 7) is 4.18. The van der Waals surface area contributed by atoms with Gasteiger partial charge in [-0.05, 0) is 6.92 Å². The largest absolute Gasteiger partial charge is 0.362 e. The summed E-state index contributed by atoms with van der Waals surface area (Å²) in [5.41, 5.74) is 0. The zero-order valence-electron chi connectivity index (χ0n) is 5.97. The minimum absolute atomic E-state index is 1.01. The molecule has 0 N–H and O–H groups in total. The van der Waals surface area contributed by atoms with Crippen molar-refractivity contribution in [1.29, 1.82) is 0 Å². The minimum atomic E-state index is 1.01. The summed E-state index contributed by atoms with van der Waals surface area (Å²) in [5.74, 6) is 0. The molecule has 9 heavy (non-hydrogen) atoms. The second-order valence-electron chi connectivity index (χ2n) is 1.69. The molecule has 0 heterocycles. The smallest absolute Gasteiger partial charge is 0.0846 e. The van der Waals surface area contributed by atoms with Crippen LogP contribution in [-0.2, 0) is 0 Å². The zero-order chi connectivity index (χ0) is 7.11. The van der Waals surface area contributed by atoms with Gasteiger partial charge in [0.05, 0.1) is 6.34 Å². The Bertz CT molecular complexity index is 83.1. The van der Waals surface area contributed by atoms with Crippen LogP contribution < -0.4 is 0 Å². The molecular weight excluding hydrogens is 180 g/mol. The Morgan fingerprint density at radius 1 is 1.67 bits per heavy atom. The van der Waals surface area contributed by atoms with Crippen LogP contribution in [0.25, 0.3) is 0 Å². The van der Waals surface area contributed by atoms with Gasteiger partial charge in [0.15, 0.2) is 0 Å². The molecular formula is C6H13BrN2. The van der Waals surface area contributed by atoms with E-state index in [1.54, 1.807) is 7.05 Å². The third kappa shape index (κ3) is 4.45. The number of aliphatic imine (C=N–C) groups is 1. The van der Waals surface area contributed by atoms with E-state index in [1.807, 2.05) is 6.34 Å². The lowest BCUT2D eigenvalue weighted by Crippen LogP contribution is -2.23. The average Bonchev–Trinajstić information content (AvgIpc) is 1.88. The van der Waals surface area contributed by atoms with Gasteiger partial charge >= 0.3 is 0 Å². The maximum Gasteiger partial charge on any atom is 0.0846 e. The molecule has 0 fully saturated rings. The highest BCUT2D eigenvalue weighted by Crippen LogP contribution is 1.86. The Morgan fingerprint density at radius 2 is 2.33 bits per heavy atom. The second kappa shape index (κ2) is 6.08. The molecule has 0 aromatic heterocycles. The first-order chi connectivity index (χ1) is 4.35. The van der Waals surface area contributed by atoms with Crippen molar-refractivity contribution in [2.24, 2.45) is 4.99 Å². The predicted molar refractivity (Wildman–Crippen MR) is 45.5 cm³/mol. The van der Waals surface area contributed by atoms with Crippen molar-refractivity contribution in [2.45, 2.75) is 6.92 Å². The maximum atomic E-state index is 3.91. The van der Waals surface area contributed by atoms with Crippen LogP contribution in [0.15, 0.2) is 4.99 Å². The van der Waals surface area contributed by atoms with E-state index in [9.17, 15) is 0 Å². The molecule has 0 aliphatic rings. The van der Waals surface area contributed by atoms with Crippen LogP contribution in [0.1, 0.15) is 6.92 Å².